The van der Waals surface area contributed by atoms with Gasteiger partial charge in [0.2, 0.25) is 0 Å². The van der Waals surface area contributed by atoms with Gasteiger partial charge in [-0.25, -0.2) is 0 Å². The van der Waals surface area contributed by atoms with Crippen LogP contribution in [-0.4, -0.2) is 36.2 Å². The fourth-order valence-corrected chi connectivity index (χ4v) is 2.74. The summed E-state index contributed by atoms with van der Waals surface area (Å²) in [6, 6.07) is 3.86. The summed E-state index contributed by atoms with van der Waals surface area (Å²) < 4.78 is 11.0. The SMILES string of the molecule is O=[N+]([O-])c1cc2oc(N3CCOCC3)nc2cc1C1CC1. The second-order valence-electron chi connectivity index (χ2n) is 5.51. The summed E-state index contributed by atoms with van der Waals surface area (Å²) in [5.74, 6) is 0.304. The molecule has 0 bridgehead atoms. The van der Waals surface area contributed by atoms with Crippen molar-refractivity contribution in [1.29, 1.82) is 0 Å². The molecule has 0 atom stereocenters. The van der Waals surface area contributed by atoms with Crippen molar-refractivity contribution < 1.29 is 14.1 Å². The van der Waals surface area contributed by atoms with E-state index in [1.54, 1.807) is 0 Å². The lowest BCUT2D eigenvalue weighted by molar-refractivity contribution is -0.385. The standard InChI is InChI=1S/C14H15N3O4/c18-17(19)12-8-13-11(7-10(12)9-1-2-9)15-14(21-13)16-3-5-20-6-4-16/h7-9H,1-6H2. The van der Waals surface area contributed by atoms with Crippen LogP contribution in [0.5, 0.6) is 0 Å². The minimum atomic E-state index is -0.329. The van der Waals surface area contributed by atoms with Crippen molar-refractivity contribution in [3.8, 4) is 0 Å². The molecule has 2 aromatic rings. The fourth-order valence-electron chi connectivity index (χ4n) is 2.74. The van der Waals surface area contributed by atoms with E-state index in [-0.39, 0.29) is 10.6 Å². The van der Waals surface area contributed by atoms with E-state index in [2.05, 4.69) is 4.98 Å². The summed E-state index contributed by atoms with van der Waals surface area (Å²) in [4.78, 5) is 17.4. The average molecular weight is 289 g/mol. The number of benzene rings is 1. The number of nitro benzene ring substituents is 1. The van der Waals surface area contributed by atoms with Gasteiger partial charge < -0.3 is 14.1 Å². The molecule has 0 unspecified atom stereocenters. The first kappa shape index (κ1) is 12.6. The van der Waals surface area contributed by atoms with E-state index < -0.39 is 0 Å². The topological polar surface area (TPSA) is 81.6 Å². The highest BCUT2D eigenvalue weighted by molar-refractivity contribution is 5.79. The van der Waals surface area contributed by atoms with Gasteiger partial charge in [0.1, 0.15) is 5.52 Å². The zero-order valence-corrected chi connectivity index (χ0v) is 11.4. The summed E-state index contributed by atoms with van der Waals surface area (Å²) in [6.07, 6.45) is 2.03. The number of nitro groups is 1. The Morgan fingerprint density at radius 1 is 1.29 bits per heavy atom. The first-order valence-electron chi connectivity index (χ1n) is 7.14. The molecule has 110 valence electrons. The molecule has 7 nitrogen and oxygen atoms in total. The second kappa shape index (κ2) is 4.70. The normalized spacial score (nSPS) is 19.1. The number of hydrogen-bond acceptors (Lipinski definition) is 6. The molecule has 1 aromatic carbocycles. The smallest absolute Gasteiger partial charge is 0.298 e. The van der Waals surface area contributed by atoms with Gasteiger partial charge in [0.15, 0.2) is 5.58 Å². The second-order valence-corrected chi connectivity index (χ2v) is 5.51. The van der Waals surface area contributed by atoms with Crippen molar-refractivity contribution in [2.24, 2.45) is 0 Å². The van der Waals surface area contributed by atoms with E-state index in [0.717, 1.165) is 31.5 Å². The first-order valence-corrected chi connectivity index (χ1v) is 7.14. The number of hydrogen-bond donors (Lipinski definition) is 0. The van der Waals surface area contributed by atoms with Gasteiger partial charge >= 0.3 is 0 Å². The summed E-state index contributed by atoms with van der Waals surface area (Å²) >= 11 is 0. The van der Waals surface area contributed by atoms with E-state index in [9.17, 15) is 10.1 Å². The minimum absolute atomic E-state index is 0.148. The van der Waals surface area contributed by atoms with Crippen molar-refractivity contribution in [1.82, 2.24) is 4.98 Å². The monoisotopic (exact) mass is 289 g/mol. The van der Waals surface area contributed by atoms with E-state index in [0.29, 0.717) is 36.2 Å². The highest BCUT2D eigenvalue weighted by Crippen LogP contribution is 2.45. The number of rotatable bonds is 3. The molecule has 0 N–H and O–H groups in total. The highest BCUT2D eigenvalue weighted by Gasteiger charge is 2.32. The van der Waals surface area contributed by atoms with Gasteiger partial charge in [-0.05, 0) is 24.8 Å². The Morgan fingerprint density at radius 3 is 2.71 bits per heavy atom. The van der Waals surface area contributed by atoms with Crippen molar-refractivity contribution in [3.05, 3.63) is 27.8 Å². The number of nitrogens with zero attached hydrogens (tertiary/aromatic N) is 3. The van der Waals surface area contributed by atoms with E-state index in [1.807, 2.05) is 11.0 Å². The third-order valence-electron chi connectivity index (χ3n) is 4.02. The lowest BCUT2D eigenvalue weighted by Crippen LogP contribution is -2.36. The molecule has 1 aromatic heterocycles. The van der Waals surface area contributed by atoms with Crippen LogP contribution in [0, 0.1) is 10.1 Å². The Hall–Kier alpha value is -2.15. The van der Waals surface area contributed by atoms with Crippen LogP contribution >= 0.6 is 0 Å². The van der Waals surface area contributed by atoms with Crippen LogP contribution in [0.1, 0.15) is 24.3 Å². The van der Waals surface area contributed by atoms with E-state index in [1.165, 1.54) is 6.07 Å². The van der Waals surface area contributed by atoms with Crippen molar-refractivity contribution in [2.45, 2.75) is 18.8 Å². The van der Waals surface area contributed by atoms with Crippen LogP contribution in [0.2, 0.25) is 0 Å². The van der Waals surface area contributed by atoms with Crippen LogP contribution in [0.4, 0.5) is 11.7 Å². The molecule has 2 heterocycles. The Bertz CT molecular complexity index is 702. The Labute approximate surface area is 120 Å². The van der Waals surface area contributed by atoms with Gasteiger partial charge in [0, 0.05) is 18.7 Å². The maximum atomic E-state index is 11.2. The highest BCUT2D eigenvalue weighted by atomic mass is 16.6. The van der Waals surface area contributed by atoms with Gasteiger partial charge in [0.25, 0.3) is 11.7 Å². The number of ether oxygens (including phenoxy) is 1. The molecule has 2 aliphatic rings. The lowest BCUT2D eigenvalue weighted by Gasteiger charge is -2.24. The van der Waals surface area contributed by atoms with Crippen LogP contribution in [-0.2, 0) is 4.74 Å². The van der Waals surface area contributed by atoms with Gasteiger partial charge in [-0.1, -0.05) is 0 Å². The molecular formula is C14H15N3O4. The maximum absolute atomic E-state index is 11.2. The lowest BCUT2D eigenvalue weighted by atomic mass is 10.1. The quantitative estimate of drug-likeness (QED) is 0.637. The van der Waals surface area contributed by atoms with Crippen molar-refractivity contribution in [2.75, 3.05) is 31.2 Å². The molecule has 1 aliphatic heterocycles. The van der Waals surface area contributed by atoms with Crippen LogP contribution in [0.25, 0.3) is 11.1 Å². The zero-order valence-electron chi connectivity index (χ0n) is 11.4. The first-order chi connectivity index (χ1) is 10.2. The van der Waals surface area contributed by atoms with Crippen LogP contribution < -0.4 is 4.90 Å². The predicted octanol–water partition coefficient (Wildman–Crippen LogP) is 2.45. The third kappa shape index (κ3) is 2.23. The van der Waals surface area contributed by atoms with E-state index >= 15 is 0 Å². The Kier molecular flexibility index (Phi) is 2.81. The molecule has 1 aliphatic carbocycles. The van der Waals surface area contributed by atoms with Crippen LogP contribution in [0.3, 0.4) is 0 Å². The summed E-state index contributed by atoms with van der Waals surface area (Å²) in [5.41, 5.74) is 2.11. The molecule has 2 fully saturated rings. The molecule has 0 radical (unpaired) electrons. The molecule has 0 spiro atoms. The number of fused-ring (bicyclic) bond motifs is 1. The van der Waals surface area contributed by atoms with Crippen molar-refractivity contribution >= 4 is 22.8 Å². The van der Waals surface area contributed by atoms with Gasteiger partial charge in [-0.2, -0.15) is 4.98 Å². The Balaban J connectivity index is 1.77. The van der Waals surface area contributed by atoms with Crippen LogP contribution in [0.15, 0.2) is 16.5 Å². The summed E-state index contributed by atoms with van der Waals surface area (Å²) in [5, 5.41) is 11.2. The molecule has 21 heavy (non-hydrogen) atoms. The fraction of sp³-hybridized carbons (Fsp3) is 0.500. The molecule has 4 rings (SSSR count). The molecule has 1 saturated carbocycles. The summed E-state index contributed by atoms with van der Waals surface area (Å²) in [7, 11) is 0. The van der Waals surface area contributed by atoms with Gasteiger partial charge in [0.05, 0.1) is 24.2 Å². The largest absolute Gasteiger partial charge is 0.423 e. The number of morpholine rings is 1. The number of oxazole rings is 1. The van der Waals surface area contributed by atoms with Gasteiger partial charge in [-0.15, -0.1) is 0 Å². The number of aromatic nitrogens is 1. The third-order valence-corrected chi connectivity index (χ3v) is 4.02. The van der Waals surface area contributed by atoms with Crippen molar-refractivity contribution in [3.63, 3.8) is 0 Å². The molecule has 1 saturated heterocycles. The average Bonchev–Trinajstić information content (AvgIpc) is 3.26. The molecule has 0 amide bonds. The molecule has 7 heteroatoms. The van der Waals surface area contributed by atoms with Gasteiger partial charge in [-0.3, -0.25) is 10.1 Å². The zero-order chi connectivity index (χ0) is 14.4. The Morgan fingerprint density at radius 2 is 2.05 bits per heavy atom. The van der Waals surface area contributed by atoms with E-state index in [4.69, 9.17) is 9.15 Å². The maximum Gasteiger partial charge on any atom is 0.298 e. The predicted molar refractivity (Wildman–Crippen MR) is 75.7 cm³/mol. The number of anilines is 1. The minimum Gasteiger partial charge on any atom is -0.423 e. The summed E-state index contributed by atoms with van der Waals surface area (Å²) in [6.45, 7) is 2.74. The molecular weight excluding hydrogens is 274 g/mol.